The average Bonchev–Trinajstić information content (AvgIpc) is 2.56. The summed E-state index contributed by atoms with van der Waals surface area (Å²) >= 11 is 0.469. The van der Waals surface area contributed by atoms with Crippen LogP contribution in [0.5, 0.6) is 0 Å². The maximum atomic E-state index is 12.3. The lowest BCUT2D eigenvalue weighted by molar-refractivity contribution is -0.127. The Hall–Kier alpha value is -1.67. The fourth-order valence-corrected chi connectivity index (χ4v) is 3.35. The molecule has 138 valence electrons. The maximum absolute atomic E-state index is 12.3. The summed E-state index contributed by atoms with van der Waals surface area (Å²) in [5, 5.41) is 5.59. The molecule has 0 aromatic heterocycles. The van der Waals surface area contributed by atoms with Crippen molar-refractivity contribution in [2.45, 2.75) is 30.4 Å². The largest absolute Gasteiger partial charge is 0.356 e. The van der Waals surface area contributed by atoms with Crippen LogP contribution in [0.25, 0.3) is 0 Å². The molecule has 1 aliphatic heterocycles. The zero-order valence-electron chi connectivity index (χ0n) is 14.1. The van der Waals surface area contributed by atoms with Gasteiger partial charge in [-0.3, -0.25) is 14.5 Å². The van der Waals surface area contributed by atoms with Gasteiger partial charge in [-0.05, 0) is 50.6 Å². The molecule has 25 heavy (non-hydrogen) atoms. The van der Waals surface area contributed by atoms with E-state index in [-0.39, 0.29) is 24.3 Å². The molecule has 0 saturated carbocycles. The minimum Gasteiger partial charge on any atom is -0.356 e. The summed E-state index contributed by atoms with van der Waals surface area (Å²) in [5.74, 6) is -2.67. The first-order valence-electron chi connectivity index (χ1n) is 8.32. The topological polar surface area (TPSA) is 61.4 Å². The van der Waals surface area contributed by atoms with Crippen LogP contribution in [0.4, 0.5) is 14.5 Å². The first kappa shape index (κ1) is 19.7. The van der Waals surface area contributed by atoms with E-state index in [1.165, 1.54) is 0 Å². The molecule has 1 saturated heterocycles. The molecule has 2 N–H and O–H groups in total. The molecule has 1 unspecified atom stereocenters. The minimum absolute atomic E-state index is 0.0414. The first-order valence-corrected chi connectivity index (χ1v) is 9.20. The third-order valence-electron chi connectivity index (χ3n) is 3.96. The van der Waals surface area contributed by atoms with Gasteiger partial charge in [0.15, 0.2) is 0 Å². The van der Waals surface area contributed by atoms with Gasteiger partial charge in [-0.15, -0.1) is 0 Å². The van der Waals surface area contributed by atoms with E-state index < -0.39 is 5.76 Å². The van der Waals surface area contributed by atoms with Crippen molar-refractivity contribution in [3.63, 3.8) is 0 Å². The molecule has 0 radical (unpaired) electrons. The smallest absolute Gasteiger partial charge is 0.288 e. The van der Waals surface area contributed by atoms with Crippen LogP contribution in [0.3, 0.4) is 0 Å². The zero-order chi connectivity index (χ0) is 18.2. The summed E-state index contributed by atoms with van der Waals surface area (Å²) in [6.07, 6.45) is 1.72. The molecular weight excluding hydrogens is 348 g/mol. The molecule has 2 amide bonds. The van der Waals surface area contributed by atoms with Crippen molar-refractivity contribution >= 4 is 29.3 Å². The molecule has 5 nitrogen and oxygen atoms in total. The number of carbonyl (C=O) groups excluding carboxylic acids is 2. The maximum Gasteiger partial charge on any atom is 0.288 e. The van der Waals surface area contributed by atoms with Gasteiger partial charge in [0.05, 0.1) is 12.5 Å². The number of carbonyl (C=O) groups is 2. The van der Waals surface area contributed by atoms with Crippen molar-refractivity contribution in [3.05, 3.63) is 24.3 Å². The lowest BCUT2D eigenvalue weighted by Crippen LogP contribution is -2.45. The van der Waals surface area contributed by atoms with Gasteiger partial charge in [0.2, 0.25) is 11.8 Å². The number of likely N-dealkylation sites (tertiary alicyclic amines) is 1. The molecule has 1 aromatic rings. The molecule has 1 aromatic carbocycles. The van der Waals surface area contributed by atoms with Crippen molar-refractivity contribution in [3.8, 4) is 0 Å². The van der Waals surface area contributed by atoms with Crippen molar-refractivity contribution < 1.29 is 18.4 Å². The Morgan fingerprint density at radius 1 is 1.32 bits per heavy atom. The van der Waals surface area contributed by atoms with E-state index in [0.29, 0.717) is 35.4 Å². The summed E-state index contributed by atoms with van der Waals surface area (Å²) in [6.45, 7) is 4.06. The Balaban J connectivity index is 1.82. The van der Waals surface area contributed by atoms with Gasteiger partial charge >= 0.3 is 0 Å². The molecule has 2 rings (SSSR count). The SMILES string of the molecule is CCNC(=O)C1CCCN(CC(=O)Nc2ccc(SC(F)F)cc2)C1. The van der Waals surface area contributed by atoms with Crippen molar-refractivity contribution in [1.82, 2.24) is 10.2 Å². The van der Waals surface area contributed by atoms with Crippen molar-refractivity contribution in [2.24, 2.45) is 5.92 Å². The number of benzene rings is 1. The van der Waals surface area contributed by atoms with Gasteiger partial charge in [-0.25, -0.2) is 0 Å². The summed E-state index contributed by atoms with van der Waals surface area (Å²) in [5.41, 5.74) is 0.570. The molecular formula is C17H23F2N3O2S. The van der Waals surface area contributed by atoms with Gasteiger partial charge in [-0.1, -0.05) is 11.8 Å². The van der Waals surface area contributed by atoms with Crippen LogP contribution in [0.1, 0.15) is 19.8 Å². The number of piperidine rings is 1. The summed E-state index contributed by atoms with van der Waals surface area (Å²) in [4.78, 5) is 26.5. The monoisotopic (exact) mass is 371 g/mol. The highest BCUT2D eigenvalue weighted by Gasteiger charge is 2.26. The number of hydrogen-bond donors (Lipinski definition) is 2. The van der Waals surface area contributed by atoms with E-state index in [1.807, 2.05) is 11.8 Å². The van der Waals surface area contributed by atoms with Crippen LogP contribution in [0.15, 0.2) is 29.2 Å². The van der Waals surface area contributed by atoms with Gasteiger partial charge in [-0.2, -0.15) is 8.78 Å². The van der Waals surface area contributed by atoms with Crippen LogP contribution in [0, 0.1) is 5.92 Å². The quantitative estimate of drug-likeness (QED) is 0.724. The van der Waals surface area contributed by atoms with Gasteiger partial charge in [0, 0.05) is 23.7 Å². The Labute approximate surface area is 150 Å². The van der Waals surface area contributed by atoms with Crippen LogP contribution < -0.4 is 10.6 Å². The molecule has 1 aliphatic rings. The molecule has 8 heteroatoms. The third-order valence-corrected chi connectivity index (χ3v) is 4.68. The van der Waals surface area contributed by atoms with Crippen molar-refractivity contribution in [1.29, 1.82) is 0 Å². The third kappa shape index (κ3) is 6.62. The number of halogens is 2. The van der Waals surface area contributed by atoms with Gasteiger partial charge in [0.25, 0.3) is 5.76 Å². The van der Waals surface area contributed by atoms with Gasteiger partial charge in [0.1, 0.15) is 0 Å². The van der Waals surface area contributed by atoms with E-state index in [0.717, 1.165) is 19.4 Å². The van der Waals surface area contributed by atoms with Crippen LogP contribution in [-0.4, -0.2) is 48.7 Å². The number of anilines is 1. The number of nitrogens with zero attached hydrogens (tertiary/aromatic N) is 1. The Morgan fingerprint density at radius 3 is 2.68 bits per heavy atom. The molecule has 0 spiro atoms. The van der Waals surface area contributed by atoms with E-state index in [4.69, 9.17) is 0 Å². The predicted molar refractivity (Wildman–Crippen MR) is 94.8 cm³/mol. The van der Waals surface area contributed by atoms with E-state index in [9.17, 15) is 18.4 Å². The van der Waals surface area contributed by atoms with Crippen LogP contribution in [0.2, 0.25) is 0 Å². The van der Waals surface area contributed by atoms with Crippen molar-refractivity contribution in [2.75, 3.05) is 31.5 Å². The second-order valence-corrected chi connectivity index (χ2v) is 6.98. The minimum atomic E-state index is -2.46. The summed E-state index contributed by atoms with van der Waals surface area (Å²) < 4.78 is 24.6. The second kappa shape index (κ2) is 9.72. The normalized spacial score (nSPS) is 18.2. The molecule has 1 atom stereocenters. The highest BCUT2D eigenvalue weighted by molar-refractivity contribution is 7.99. The zero-order valence-corrected chi connectivity index (χ0v) is 15.0. The predicted octanol–water partition coefficient (Wildman–Crippen LogP) is 2.79. The average molecular weight is 371 g/mol. The molecule has 0 bridgehead atoms. The highest BCUT2D eigenvalue weighted by atomic mass is 32.2. The fraction of sp³-hybridized carbons (Fsp3) is 0.529. The fourth-order valence-electron chi connectivity index (χ4n) is 2.86. The number of alkyl halides is 2. The lowest BCUT2D eigenvalue weighted by Gasteiger charge is -2.31. The Bertz CT molecular complexity index is 584. The standard InChI is InChI=1S/C17H23F2N3O2S/c1-2-20-16(24)12-4-3-9-22(10-12)11-15(23)21-13-5-7-14(8-6-13)25-17(18)19/h5-8,12,17H,2-4,9-11H2,1H3,(H,20,24)(H,21,23). The Morgan fingerprint density at radius 2 is 2.04 bits per heavy atom. The van der Waals surface area contributed by atoms with Gasteiger partial charge < -0.3 is 10.6 Å². The first-order chi connectivity index (χ1) is 12.0. The Kier molecular flexibility index (Phi) is 7.64. The summed E-state index contributed by atoms with van der Waals surface area (Å²) in [7, 11) is 0. The molecule has 1 heterocycles. The van der Waals surface area contributed by atoms with E-state index in [1.54, 1.807) is 24.3 Å². The number of rotatable bonds is 7. The molecule has 1 fully saturated rings. The summed E-state index contributed by atoms with van der Waals surface area (Å²) in [6, 6.07) is 6.32. The van der Waals surface area contributed by atoms with E-state index in [2.05, 4.69) is 10.6 Å². The lowest BCUT2D eigenvalue weighted by atomic mass is 9.97. The van der Waals surface area contributed by atoms with E-state index >= 15 is 0 Å². The molecule has 0 aliphatic carbocycles. The number of thioether (sulfide) groups is 1. The number of amides is 2. The van der Waals surface area contributed by atoms with Crippen LogP contribution >= 0.6 is 11.8 Å². The number of hydrogen-bond acceptors (Lipinski definition) is 4. The second-order valence-electron chi connectivity index (χ2n) is 5.92. The number of nitrogens with one attached hydrogen (secondary N) is 2. The van der Waals surface area contributed by atoms with Crippen LogP contribution in [-0.2, 0) is 9.59 Å². The highest BCUT2D eigenvalue weighted by Crippen LogP contribution is 2.26.